The van der Waals surface area contributed by atoms with Gasteiger partial charge in [-0.05, 0) is 6.92 Å². The molecule has 1 N–H and O–H groups in total. The van der Waals surface area contributed by atoms with Crippen LogP contribution < -0.4 is 18.9 Å². The first-order valence-electron chi connectivity index (χ1n) is 2.98. The number of benzene rings is 1. The van der Waals surface area contributed by atoms with Crippen LogP contribution in [-0.4, -0.2) is 5.11 Å². The van der Waals surface area contributed by atoms with E-state index >= 15 is 0 Å². The molecule has 0 aliphatic carbocycles. The monoisotopic (exact) mass is 204 g/mol. The van der Waals surface area contributed by atoms with Crippen LogP contribution in [0.15, 0.2) is 0 Å². The molecule has 0 atom stereocenters. The molecule has 1 rings (SSSR count). The average molecular weight is 205 g/mol. The topological polar surface area (TPSA) is 20.2 Å². The van der Waals surface area contributed by atoms with E-state index in [9.17, 15) is 13.2 Å². The Hall–Kier alpha value is -0.303. The molecule has 0 radical (unpaired) electrons. The van der Waals surface area contributed by atoms with Crippen LogP contribution in [0.1, 0.15) is 6.99 Å². The Kier molecular flexibility index (Phi) is 4.17. The second-order valence-corrected chi connectivity index (χ2v) is 2.61. The summed E-state index contributed by atoms with van der Waals surface area (Å²) in [5, 5.41) is 7.91. The summed E-state index contributed by atoms with van der Waals surface area (Å²) in [6, 6.07) is 0. The van der Waals surface area contributed by atoms with E-state index in [4.69, 9.17) is 16.7 Å². The number of rotatable bonds is 0. The van der Waals surface area contributed by atoms with Gasteiger partial charge in [-0.15, -0.1) is 0 Å². The summed E-state index contributed by atoms with van der Waals surface area (Å²) in [5.41, 5.74) is -0.546. The molecule has 0 unspecified atom stereocenters. The zero-order valence-electron chi connectivity index (χ0n) is 7.96. The zero-order valence-corrected chi connectivity index (χ0v) is 7.72. The molecule has 1 aromatic rings. The summed E-state index contributed by atoms with van der Waals surface area (Å²) in [4.78, 5) is 0. The molecule has 13 heavy (non-hydrogen) atoms. The van der Waals surface area contributed by atoms with Crippen LogP contribution in [-0.2, 0) is 0 Å². The van der Waals surface area contributed by atoms with Crippen LogP contribution >= 0.6 is 11.6 Å². The number of halogens is 4. The molecule has 0 saturated carbocycles. The van der Waals surface area contributed by atoms with E-state index in [2.05, 4.69) is 0 Å². The average Bonchev–Trinajstić information content (AvgIpc) is 2.08. The van der Waals surface area contributed by atoms with Crippen LogP contribution in [0, 0.1) is 24.4 Å². The number of aromatic hydroxyl groups is 1. The molecular formula is C7H5ClF3LiO. The fourth-order valence-electron chi connectivity index (χ4n) is 0.730. The Balaban J connectivity index is 0. The second-order valence-electron chi connectivity index (χ2n) is 2.23. The predicted molar refractivity (Wildman–Crippen MR) is 38.8 cm³/mol. The minimum atomic E-state index is -1.53. The third-order valence-corrected chi connectivity index (χ3v) is 1.80. The maximum Gasteiger partial charge on any atom is 1.00 e. The first-order chi connectivity index (χ1) is 5.46. The normalized spacial score (nSPS) is 9.62. The number of hydrogen-bond donors (Lipinski definition) is 1. The van der Waals surface area contributed by atoms with Crippen molar-refractivity contribution in [3.05, 3.63) is 28.0 Å². The van der Waals surface area contributed by atoms with E-state index in [0.717, 1.165) is 6.92 Å². The van der Waals surface area contributed by atoms with E-state index in [1.165, 1.54) is 0 Å². The van der Waals surface area contributed by atoms with E-state index < -0.39 is 33.8 Å². The SMILES string of the molecule is Cc1c(F)c(F)c(O)c(Cl)c1F.[H-].[Li+]. The van der Waals surface area contributed by atoms with Gasteiger partial charge < -0.3 is 6.53 Å². The van der Waals surface area contributed by atoms with Gasteiger partial charge in [0.15, 0.2) is 17.4 Å². The van der Waals surface area contributed by atoms with Gasteiger partial charge in [0.2, 0.25) is 5.82 Å². The fraction of sp³-hybridized carbons (Fsp3) is 0.143. The molecular weight excluding hydrogens is 199 g/mol. The van der Waals surface area contributed by atoms with Crippen molar-refractivity contribution in [1.29, 1.82) is 0 Å². The maximum atomic E-state index is 12.7. The van der Waals surface area contributed by atoms with Crippen molar-refractivity contribution in [3.63, 3.8) is 0 Å². The minimum absolute atomic E-state index is 0. The maximum absolute atomic E-state index is 12.7. The quantitative estimate of drug-likeness (QED) is 0.462. The third kappa shape index (κ3) is 1.96. The molecule has 0 aromatic heterocycles. The molecule has 1 nitrogen and oxygen atoms in total. The van der Waals surface area contributed by atoms with Crippen molar-refractivity contribution in [3.8, 4) is 5.75 Å². The Bertz CT molecular complexity index is 243. The van der Waals surface area contributed by atoms with Gasteiger partial charge in [-0.1, -0.05) is 11.6 Å². The molecule has 0 fully saturated rings. The number of hydrogen-bond acceptors (Lipinski definition) is 1. The summed E-state index contributed by atoms with van der Waals surface area (Å²) in [5.74, 6) is -5.29. The van der Waals surface area contributed by atoms with E-state index in [-0.39, 0.29) is 20.3 Å². The number of phenolic OH excluding ortho intramolecular Hbond substituents is 1. The Morgan fingerprint density at radius 3 is 2.08 bits per heavy atom. The smallest absolute Gasteiger partial charge is 1.00 e. The van der Waals surface area contributed by atoms with E-state index in [0.29, 0.717) is 0 Å². The van der Waals surface area contributed by atoms with Crippen molar-refractivity contribution in [1.82, 2.24) is 0 Å². The molecule has 0 aliphatic heterocycles. The molecule has 0 heterocycles. The zero-order chi connectivity index (χ0) is 9.46. The van der Waals surface area contributed by atoms with Crippen LogP contribution in [0.2, 0.25) is 5.02 Å². The Morgan fingerprint density at radius 2 is 1.62 bits per heavy atom. The molecule has 0 aliphatic rings. The molecule has 0 saturated heterocycles. The second kappa shape index (κ2) is 4.27. The summed E-state index contributed by atoms with van der Waals surface area (Å²) in [6.45, 7) is 1.03. The third-order valence-electron chi connectivity index (χ3n) is 1.46. The Labute approximate surface area is 91.2 Å². The first-order valence-corrected chi connectivity index (χ1v) is 3.36. The molecule has 0 bridgehead atoms. The van der Waals surface area contributed by atoms with Crippen LogP contribution in [0.5, 0.6) is 5.75 Å². The Morgan fingerprint density at radius 1 is 1.15 bits per heavy atom. The van der Waals surface area contributed by atoms with Crippen molar-refractivity contribution >= 4 is 11.6 Å². The standard InChI is InChI=1S/C7H4ClF3O.Li.H/c1-2-4(9)3(8)7(12)6(11)5(2)10;;/h12H,1H3;;/q;+1;-1. The van der Waals surface area contributed by atoms with E-state index in [1.54, 1.807) is 0 Å². The van der Waals surface area contributed by atoms with Gasteiger partial charge >= 0.3 is 18.9 Å². The summed E-state index contributed by atoms with van der Waals surface area (Å²) in [7, 11) is 0. The van der Waals surface area contributed by atoms with Crippen LogP contribution in [0.25, 0.3) is 0 Å². The van der Waals surface area contributed by atoms with Crippen molar-refractivity contribution < 1.29 is 38.6 Å². The largest absolute Gasteiger partial charge is 1.00 e. The number of phenols is 1. The summed E-state index contributed by atoms with van der Waals surface area (Å²) < 4.78 is 37.9. The van der Waals surface area contributed by atoms with Gasteiger partial charge in [0.05, 0.1) is 0 Å². The summed E-state index contributed by atoms with van der Waals surface area (Å²) in [6.07, 6.45) is 0. The van der Waals surface area contributed by atoms with Crippen LogP contribution in [0.3, 0.4) is 0 Å². The minimum Gasteiger partial charge on any atom is -1.00 e. The van der Waals surface area contributed by atoms with Crippen molar-refractivity contribution in [2.24, 2.45) is 0 Å². The fourth-order valence-corrected chi connectivity index (χ4v) is 0.955. The molecule has 0 spiro atoms. The van der Waals surface area contributed by atoms with Gasteiger partial charge in [-0.3, -0.25) is 0 Å². The first kappa shape index (κ1) is 12.7. The van der Waals surface area contributed by atoms with Gasteiger partial charge in [-0.25, -0.2) is 8.78 Å². The van der Waals surface area contributed by atoms with Crippen molar-refractivity contribution in [2.75, 3.05) is 0 Å². The van der Waals surface area contributed by atoms with Crippen LogP contribution in [0.4, 0.5) is 13.2 Å². The van der Waals surface area contributed by atoms with Gasteiger partial charge in [0.25, 0.3) is 0 Å². The summed E-state index contributed by atoms with van der Waals surface area (Å²) >= 11 is 5.13. The molecule has 68 valence electrons. The molecule has 0 amide bonds. The van der Waals surface area contributed by atoms with Crippen molar-refractivity contribution in [2.45, 2.75) is 6.92 Å². The van der Waals surface area contributed by atoms with E-state index in [1.807, 2.05) is 0 Å². The molecule has 6 heteroatoms. The van der Waals surface area contributed by atoms with Gasteiger partial charge in [0.1, 0.15) is 5.02 Å². The predicted octanol–water partition coefficient (Wildman–Crippen LogP) is -0.112. The van der Waals surface area contributed by atoms with Gasteiger partial charge in [0, 0.05) is 5.56 Å². The molecule has 1 aromatic carbocycles. The van der Waals surface area contributed by atoms with Gasteiger partial charge in [-0.2, -0.15) is 4.39 Å².